The van der Waals surface area contributed by atoms with E-state index in [0.29, 0.717) is 12.1 Å². The Labute approximate surface area is 146 Å². The Morgan fingerprint density at radius 2 is 1.88 bits per heavy atom. The Morgan fingerprint density at radius 3 is 2.60 bits per heavy atom. The van der Waals surface area contributed by atoms with Crippen LogP contribution in [-0.2, 0) is 13.0 Å². The SMILES string of the molecule is NC(=O)NCc1ccc(C(=O)NC2CCCc3cc(N)ccc32)cc1. The molecule has 0 aliphatic heterocycles. The summed E-state index contributed by atoms with van der Waals surface area (Å²) in [4.78, 5) is 23.3. The second-order valence-electron chi connectivity index (χ2n) is 6.29. The molecule has 2 aromatic rings. The number of carbonyl (C=O) groups excluding carboxylic acids is 2. The zero-order chi connectivity index (χ0) is 17.8. The molecule has 25 heavy (non-hydrogen) atoms. The number of benzene rings is 2. The Morgan fingerprint density at radius 1 is 1.12 bits per heavy atom. The molecule has 0 radical (unpaired) electrons. The fourth-order valence-corrected chi connectivity index (χ4v) is 3.19. The van der Waals surface area contributed by atoms with E-state index in [2.05, 4.69) is 10.6 Å². The first kappa shape index (κ1) is 16.8. The number of nitrogens with two attached hydrogens (primary N) is 2. The number of amides is 3. The zero-order valence-electron chi connectivity index (χ0n) is 13.9. The number of aryl methyl sites for hydroxylation is 1. The van der Waals surface area contributed by atoms with Gasteiger partial charge in [0.15, 0.2) is 0 Å². The molecular formula is C19H22N4O2. The highest BCUT2D eigenvalue weighted by molar-refractivity contribution is 5.94. The minimum absolute atomic E-state index is 0.00746. The van der Waals surface area contributed by atoms with E-state index in [0.717, 1.165) is 36.1 Å². The number of carbonyl (C=O) groups is 2. The van der Waals surface area contributed by atoms with E-state index in [1.165, 1.54) is 5.56 Å². The number of primary amides is 1. The third kappa shape index (κ3) is 4.09. The van der Waals surface area contributed by atoms with Crippen LogP contribution in [0.4, 0.5) is 10.5 Å². The van der Waals surface area contributed by atoms with E-state index >= 15 is 0 Å². The van der Waals surface area contributed by atoms with Crippen molar-refractivity contribution < 1.29 is 9.59 Å². The highest BCUT2D eigenvalue weighted by atomic mass is 16.2. The van der Waals surface area contributed by atoms with Gasteiger partial charge in [-0.25, -0.2) is 4.79 Å². The molecule has 0 saturated carbocycles. The van der Waals surface area contributed by atoms with Crippen LogP contribution in [0.2, 0.25) is 0 Å². The van der Waals surface area contributed by atoms with Crippen molar-refractivity contribution in [2.45, 2.75) is 31.8 Å². The van der Waals surface area contributed by atoms with Crippen molar-refractivity contribution >= 4 is 17.6 Å². The lowest BCUT2D eigenvalue weighted by Crippen LogP contribution is -2.31. The van der Waals surface area contributed by atoms with Gasteiger partial charge in [-0.1, -0.05) is 18.2 Å². The summed E-state index contributed by atoms with van der Waals surface area (Å²) in [5.41, 5.74) is 15.5. The molecule has 3 amide bonds. The molecule has 0 saturated heterocycles. The first-order valence-corrected chi connectivity index (χ1v) is 8.34. The second-order valence-corrected chi connectivity index (χ2v) is 6.29. The Balaban J connectivity index is 1.68. The topological polar surface area (TPSA) is 110 Å². The van der Waals surface area contributed by atoms with Crippen molar-refractivity contribution in [1.29, 1.82) is 0 Å². The van der Waals surface area contributed by atoms with Crippen molar-refractivity contribution in [2.24, 2.45) is 5.73 Å². The average Bonchev–Trinajstić information content (AvgIpc) is 2.60. The molecule has 6 heteroatoms. The lowest BCUT2D eigenvalue weighted by atomic mass is 9.87. The van der Waals surface area contributed by atoms with Crippen LogP contribution in [0.15, 0.2) is 42.5 Å². The van der Waals surface area contributed by atoms with Crippen LogP contribution >= 0.6 is 0 Å². The molecule has 1 aliphatic rings. The van der Waals surface area contributed by atoms with Crippen molar-refractivity contribution in [3.8, 4) is 0 Å². The van der Waals surface area contributed by atoms with Crippen LogP contribution in [0.25, 0.3) is 0 Å². The van der Waals surface area contributed by atoms with E-state index < -0.39 is 6.03 Å². The maximum absolute atomic E-state index is 12.5. The normalized spacial score (nSPS) is 15.9. The van der Waals surface area contributed by atoms with Crippen LogP contribution in [0.5, 0.6) is 0 Å². The maximum Gasteiger partial charge on any atom is 0.312 e. The molecule has 6 nitrogen and oxygen atoms in total. The van der Waals surface area contributed by atoms with Gasteiger partial charge < -0.3 is 22.1 Å². The van der Waals surface area contributed by atoms with E-state index in [1.807, 2.05) is 18.2 Å². The molecule has 0 heterocycles. The Hall–Kier alpha value is -3.02. The first-order chi connectivity index (χ1) is 12.0. The summed E-state index contributed by atoms with van der Waals surface area (Å²) in [6.07, 6.45) is 2.94. The van der Waals surface area contributed by atoms with Crippen molar-refractivity contribution in [2.75, 3.05) is 5.73 Å². The molecule has 2 aromatic carbocycles. The predicted molar refractivity (Wildman–Crippen MR) is 96.9 cm³/mol. The lowest BCUT2D eigenvalue weighted by Gasteiger charge is -2.26. The Bertz CT molecular complexity index is 787. The molecule has 6 N–H and O–H groups in total. The summed E-state index contributed by atoms with van der Waals surface area (Å²) >= 11 is 0. The van der Waals surface area contributed by atoms with Gasteiger partial charge in [0.25, 0.3) is 5.91 Å². The van der Waals surface area contributed by atoms with Gasteiger partial charge in [0.05, 0.1) is 6.04 Å². The number of hydrogen-bond donors (Lipinski definition) is 4. The maximum atomic E-state index is 12.5. The standard InChI is InChI=1S/C19H22N4O2/c20-15-8-9-16-14(10-15)2-1-3-17(16)23-18(24)13-6-4-12(5-7-13)11-22-19(21)25/h4-10,17H,1-3,11,20H2,(H,23,24)(H3,21,22,25). The third-order valence-electron chi connectivity index (χ3n) is 4.47. The number of urea groups is 1. The highest BCUT2D eigenvalue weighted by Gasteiger charge is 2.22. The van der Waals surface area contributed by atoms with Crippen molar-refractivity contribution in [3.05, 3.63) is 64.7 Å². The van der Waals surface area contributed by atoms with Crippen LogP contribution in [0.3, 0.4) is 0 Å². The summed E-state index contributed by atoms with van der Waals surface area (Å²) in [6.45, 7) is 0.342. The summed E-state index contributed by atoms with van der Waals surface area (Å²) < 4.78 is 0. The summed E-state index contributed by atoms with van der Waals surface area (Å²) in [7, 11) is 0. The molecule has 3 rings (SSSR count). The number of hydrogen-bond acceptors (Lipinski definition) is 3. The molecule has 0 aromatic heterocycles. The molecule has 1 unspecified atom stereocenters. The molecule has 0 fully saturated rings. The van der Waals surface area contributed by atoms with Gasteiger partial charge in [0, 0.05) is 17.8 Å². The molecule has 0 bridgehead atoms. The van der Waals surface area contributed by atoms with E-state index in [-0.39, 0.29) is 11.9 Å². The van der Waals surface area contributed by atoms with Gasteiger partial charge in [-0.2, -0.15) is 0 Å². The van der Waals surface area contributed by atoms with Gasteiger partial charge in [0.1, 0.15) is 0 Å². The van der Waals surface area contributed by atoms with Crippen LogP contribution < -0.4 is 22.1 Å². The number of anilines is 1. The largest absolute Gasteiger partial charge is 0.399 e. The highest BCUT2D eigenvalue weighted by Crippen LogP contribution is 2.31. The molecular weight excluding hydrogens is 316 g/mol. The molecule has 130 valence electrons. The molecule has 0 spiro atoms. The number of rotatable bonds is 4. The quantitative estimate of drug-likeness (QED) is 0.642. The number of nitrogens with one attached hydrogen (secondary N) is 2. The van der Waals surface area contributed by atoms with Crippen LogP contribution in [0.1, 0.15) is 45.9 Å². The fourth-order valence-electron chi connectivity index (χ4n) is 3.19. The predicted octanol–water partition coefficient (Wildman–Crippen LogP) is 2.24. The van der Waals surface area contributed by atoms with E-state index in [1.54, 1.807) is 24.3 Å². The third-order valence-corrected chi connectivity index (χ3v) is 4.47. The van der Waals surface area contributed by atoms with Gasteiger partial charge in [-0.15, -0.1) is 0 Å². The van der Waals surface area contributed by atoms with Crippen LogP contribution in [0, 0.1) is 0 Å². The van der Waals surface area contributed by atoms with Gasteiger partial charge in [-0.3, -0.25) is 4.79 Å². The average molecular weight is 338 g/mol. The minimum Gasteiger partial charge on any atom is -0.399 e. The summed E-state index contributed by atoms with van der Waals surface area (Å²) in [6, 6.07) is 12.4. The van der Waals surface area contributed by atoms with Gasteiger partial charge in [0.2, 0.25) is 0 Å². The lowest BCUT2D eigenvalue weighted by molar-refractivity contribution is 0.0932. The van der Waals surface area contributed by atoms with Crippen LogP contribution in [-0.4, -0.2) is 11.9 Å². The van der Waals surface area contributed by atoms with Gasteiger partial charge >= 0.3 is 6.03 Å². The second kappa shape index (κ2) is 7.25. The Kier molecular flexibility index (Phi) is 4.88. The fraction of sp³-hybridized carbons (Fsp3) is 0.263. The van der Waals surface area contributed by atoms with E-state index in [9.17, 15) is 9.59 Å². The van der Waals surface area contributed by atoms with Crippen molar-refractivity contribution in [3.63, 3.8) is 0 Å². The van der Waals surface area contributed by atoms with Crippen molar-refractivity contribution in [1.82, 2.24) is 10.6 Å². The number of nitrogen functional groups attached to an aromatic ring is 1. The number of fused-ring (bicyclic) bond motifs is 1. The molecule has 1 aliphatic carbocycles. The van der Waals surface area contributed by atoms with E-state index in [4.69, 9.17) is 11.5 Å². The monoisotopic (exact) mass is 338 g/mol. The zero-order valence-corrected chi connectivity index (χ0v) is 13.9. The molecule has 1 atom stereocenters. The summed E-state index contributed by atoms with van der Waals surface area (Å²) in [5.74, 6) is -0.107. The van der Waals surface area contributed by atoms with Gasteiger partial charge in [-0.05, 0) is 60.2 Å². The smallest absolute Gasteiger partial charge is 0.312 e. The first-order valence-electron chi connectivity index (χ1n) is 8.34. The summed E-state index contributed by atoms with van der Waals surface area (Å²) in [5, 5.41) is 5.63. The minimum atomic E-state index is -0.571.